The molecule has 7 nitrogen and oxygen atoms in total. The fourth-order valence-electron chi connectivity index (χ4n) is 4.66. The summed E-state index contributed by atoms with van der Waals surface area (Å²) in [7, 11) is 1.63. The van der Waals surface area contributed by atoms with Crippen LogP contribution < -0.4 is 15.0 Å². The van der Waals surface area contributed by atoms with Crippen molar-refractivity contribution in [1.82, 2.24) is 5.32 Å². The molecule has 4 atom stereocenters. The third-order valence-electron chi connectivity index (χ3n) is 6.45. The summed E-state index contributed by atoms with van der Waals surface area (Å²) in [5.74, 6) is 0.716. The van der Waals surface area contributed by atoms with Gasteiger partial charge in [0.1, 0.15) is 12.4 Å². The number of β-lactam (4-membered cyclic amide) rings is 1. The maximum atomic E-state index is 13.2. The van der Waals surface area contributed by atoms with E-state index in [0.717, 1.165) is 36.4 Å². The lowest BCUT2D eigenvalue weighted by Gasteiger charge is -2.43. The Kier molecular flexibility index (Phi) is 8.21. The molecule has 1 amide bonds. The van der Waals surface area contributed by atoms with Gasteiger partial charge in [0, 0.05) is 23.3 Å². The van der Waals surface area contributed by atoms with Crippen molar-refractivity contribution in [2.45, 2.75) is 57.8 Å². The Labute approximate surface area is 207 Å². The van der Waals surface area contributed by atoms with Crippen LogP contribution in [-0.4, -0.2) is 50.1 Å². The quantitative estimate of drug-likeness (QED) is 0.187. The van der Waals surface area contributed by atoms with E-state index < -0.39 is 0 Å². The van der Waals surface area contributed by atoms with Crippen molar-refractivity contribution < 1.29 is 19.1 Å². The number of benzene rings is 2. The zero-order valence-corrected chi connectivity index (χ0v) is 20.9. The third kappa shape index (κ3) is 5.92. The summed E-state index contributed by atoms with van der Waals surface area (Å²) in [6, 6.07) is 18.1. The van der Waals surface area contributed by atoms with Gasteiger partial charge in [0.15, 0.2) is 0 Å². The van der Waals surface area contributed by atoms with Crippen LogP contribution in [0.25, 0.3) is 0 Å². The lowest BCUT2D eigenvalue weighted by molar-refractivity contribution is -0.119. The highest BCUT2D eigenvalue weighted by atomic mass is 16.6. The van der Waals surface area contributed by atoms with Crippen molar-refractivity contribution in [3.8, 4) is 5.75 Å². The molecule has 4 unspecified atom stereocenters. The third-order valence-corrected chi connectivity index (χ3v) is 6.45. The van der Waals surface area contributed by atoms with Gasteiger partial charge in [0.25, 0.3) is 5.91 Å². The first-order chi connectivity index (χ1) is 17.0. The number of nitrogens with one attached hydrogen (secondary N) is 1. The number of ether oxygens (including phenoxy) is 2. The smallest absolute Gasteiger partial charge is 0.257 e. The second-order valence-corrected chi connectivity index (χ2v) is 9.22. The van der Waals surface area contributed by atoms with Crippen molar-refractivity contribution in [3.63, 3.8) is 0 Å². The summed E-state index contributed by atoms with van der Waals surface area (Å²) in [5, 5.41) is 7.76. The van der Waals surface area contributed by atoms with Gasteiger partial charge in [-0.3, -0.25) is 9.69 Å². The zero-order chi connectivity index (χ0) is 24.8. The molecule has 0 saturated carbocycles. The fraction of sp³-hybridized carbons (Fsp3) is 0.429. The van der Waals surface area contributed by atoms with Gasteiger partial charge in [-0.1, -0.05) is 35.5 Å². The molecule has 2 saturated heterocycles. The van der Waals surface area contributed by atoms with Crippen molar-refractivity contribution in [1.29, 1.82) is 0 Å². The number of methoxy groups -OCH3 is 1. The van der Waals surface area contributed by atoms with Crippen LogP contribution >= 0.6 is 0 Å². The van der Waals surface area contributed by atoms with Crippen molar-refractivity contribution in [2.24, 2.45) is 5.16 Å². The minimum atomic E-state index is -0.179. The van der Waals surface area contributed by atoms with Crippen LogP contribution in [-0.2, 0) is 14.4 Å². The number of hydrogen-bond acceptors (Lipinski definition) is 6. The molecule has 2 aliphatic rings. The Bertz CT molecular complexity index is 1050. The number of carbonyl (C=O) groups is 1. The lowest BCUT2D eigenvalue weighted by Crippen LogP contribution is -2.51. The first-order valence-electron chi connectivity index (χ1n) is 12.3. The van der Waals surface area contributed by atoms with Crippen LogP contribution in [0.4, 0.5) is 5.69 Å². The Balaban J connectivity index is 1.39. The molecule has 2 aromatic rings. The highest BCUT2D eigenvalue weighted by molar-refractivity contribution is 6.18. The van der Waals surface area contributed by atoms with Gasteiger partial charge in [0.2, 0.25) is 0 Å². The van der Waals surface area contributed by atoms with Crippen LogP contribution in [0.5, 0.6) is 5.75 Å². The summed E-state index contributed by atoms with van der Waals surface area (Å²) >= 11 is 0. The number of morpholine rings is 1. The van der Waals surface area contributed by atoms with Crippen molar-refractivity contribution >= 4 is 17.3 Å². The highest BCUT2D eigenvalue weighted by Gasteiger charge is 2.43. The average molecular weight is 478 g/mol. The van der Waals surface area contributed by atoms with Gasteiger partial charge in [-0.15, -0.1) is 0 Å². The highest BCUT2D eigenvalue weighted by Crippen LogP contribution is 2.43. The van der Waals surface area contributed by atoms with Crippen LogP contribution in [0, 0.1) is 0 Å². The van der Waals surface area contributed by atoms with Crippen molar-refractivity contribution in [3.05, 3.63) is 71.8 Å². The number of amides is 1. The maximum Gasteiger partial charge on any atom is 0.257 e. The van der Waals surface area contributed by atoms with Crippen LogP contribution in [0.2, 0.25) is 0 Å². The number of rotatable bonds is 9. The number of anilines is 1. The zero-order valence-electron chi connectivity index (χ0n) is 20.9. The van der Waals surface area contributed by atoms with E-state index in [-0.39, 0.29) is 18.1 Å². The van der Waals surface area contributed by atoms with Crippen LogP contribution in [0.3, 0.4) is 0 Å². The van der Waals surface area contributed by atoms with Crippen molar-refractivity contribution in [2.75, 3.05) is 25.2 Å². The summed E-state index contributed by atoms with van der Waals surface area (Å²) in [6.45, 7) is 7.40. The summed E-state index contributed by atoms with van der Waals surface area (Å²) < 4.78 is 11.2. The van der Waals surface area contributed by atoms with Gasteiger partial charge < -0.3 is 19.6 Å². The van der Waals surface area contributed by atoms with Crippen LogP contribution in [0.15, 0.2) is 71.4 Å². The monoisotopic (exact) mass is 477 g/mol. The molecule has 0 bridgehead atoms. The molecule has 1 N–H and O–H groups in total. The molecular formula is C28H35N3O4. The first-order valence-corrected chi connectivity index (χ1v) is 12.3. The molecule has 7 heteroatoms. The van der Waals surface area contributed by atoms with Gasteiger partial charge in [0.05, 0.1) is 31.6 Å². The van der Waals surface area contributed by atoms with E-state index >= 15 is 0 Å². The molecule has 0 aliphatic carbocycles. The number of hydrogen-bond donors (Lipinski definition) is 1. The topological polar surface area (TPSA) is 72.4 Å². The number of allylic oxidation sites excluding steroid dienone is 1. The number of oxime groups is 1. The predicted molar refractivity (Wildman–Crippen MR) is 138 cm³/mol. The molecule has 2 aliphatic heterocycles. The second kappa shape index (κ2) is 11.5. The number of nitrogens with zero attached hydrogens (tertiary/aromatic N) is 2. The predicted octanol–water partition coefficient (Wildman–Crippen LogP) is 4.65. The van der Waals surface area contributed by atoms with Gasteiger partial charge >= 0.3 is 0 Å². The van der Waals surface area contributed by atoms with E-state index in [1.165, 1.54) is 0 Å². The maximum absolute atomic E-state index is 13.2. The molecule has 0 aromatic heterocycles. The summed E-state index contributed by atoms with van der Waals surface area (Å²) in [4.78, 5) is 20.5. The van der Waals surface area contributed by atoms with E-state index in [0.29, 0.717) is 30.0 Å². The Hall–Kier alpha value is -3.16. The molecule has 35 heavy (non-hydrogen) atoms. The Morgan fingerprint density at radius 1 is 1.17 bits per heavy atom. The Morgan fingerprint density at radius 2 is 1.91 bits per heavy atom. The van der Waals surface area contributed by atoms with Crippen LogP contribution in [0.1, 0.15) is 45.2 Å². The molecular weight excluding hydrogens is 442 g/mol. The minimum Gasteiger partial charge on any atom is -0.497 e. The molecule has 186 valence electrons. The molecule has 0 radical (unpaired) electrons. The fourth-order valence-corrected chi connectivity index (χ4v) is 4.66. The van der Waals surface area contributed by atoms with Gasteiger partial charge in [-0.2, -0.15) is 0 Å². The minimum absolute atomic E-state index is 0.0382. The van der Waals surface area contributed by atoms with E-state index in [1.54, 1.807) is 12.0 Å². The molecule has 2 aromatic carbocycles. The van der Waals surface area contributed by atoms with E-state index in [1.807, 2.05) is 67.6 Å². The average Bonchev–Trinajstić information content (AvgIpc) is 2.87. The second-order valence-electron chi connectivity index (χ2n) is 9.22. The summed E-state index contributed by atoms with van der Waals surface area (Å²) in [6.07, 6.45) is 3.81. The SMILES string of the molecule is COc1ccc(N2C(=O)C(=CC(C)=NOCCCC3OCC(C)NC3C)C2c2ccccc2)cc1. The van der Waals surface area contributed by atoms with E-state index in [9.17, 15) is 4.79 Å². The number of carbonyl (C=O) groups excluding carboxylic acids is 1. The first kappa shape index (κ1) is 24.9. The normalized spacial score (nSPS) is 25.9. The standard InChI is InChI=1S/C28H35N3O4/c1-19(30-35-16-8-11-26-21(3)29-20(2)18-34-26)17-25-27(22-9-6-5-7-10-22)31(28(25)32)23-12-14-24(33-4)15-13-23/h5-7,9-10,12-15,17,20-21,26-27,29H,8,11,16,18H2,1-4H3. The lowest BCUT2D eigenvalue weighted by atomic mass is 9.86. The van der Waals surface area contributed by atoms with Gasteiger partial charge in [-0.05, 0) is 69.5 Å². The summed E-state index contributed by atoms with van der Waals surface area (Å²) in [5.41, 5.74) is 3.24. The Morgan fingerprint density at radius 3 is 2.60 bits per heavy atom. The molecule has 4 rings (SSSR count). The molecule has 2 fully saturated rings. The van der Waals surface area contributed by atoms with E-state index in [4.69, 9.17) is 14.3 Å². The molecule has 0 spiro atoms. The largest absolute Gasteiger partial charge is 0.497 e. The van der Waals surface area contributed by atoms with Gasteiger partial charge in [-0.25, -0.2) is 0 Å². The molecule has 2 heterocycles. The van der Waals surface area contributed by atoms with E-state index in [2.05, 4.69) is 24.3 Å².